The molecule has 3 aliphatic carbocycles. The van der Waals surface area contributed by atoms with Gasteiger partial charge in [0.05, 0.1) is 12.1 Å². The van der Waals surface area contributed by atoms with Gasteiger partial charge in [0, 0.05) is 31.3 Å². The number of carbonyl (C=O) groups excluding carboxylic acids is 3. The fourth-order valence-electron chi connectivity index (χ4n) is 5.32. The second-order valence-electron chi connectivity index (χ2n) is 8.13. The average Bonchev–Trinajstić information content (AvgIpc) is 2.68. The Balaban J connectivity index is 1.37. The van der Waals surface area contributed by atoms with Crippen LogP contribution in [0.2, 0.25) is 0 Å². The maximum Gasteiger partial charge on any atom is 0.258 e. The minimum Gasteiger partial charge on any atom is -0.467 e. The van der Waals surface area contributed by atoms with Crippen LogP contribution in [-0.2, 0) is 9.59 Å². The van der Waals surface area contributed by atoms with E-state index in [1.54, 1.807) is 11.0 Å². The lowest BCUT2D eigenvalue weighted by Crippen LogP contribution is -2.67. The molecule has 1 aromatic carbocycles. The van der Waals surface area contributed by atoms with Crippen LogP contribution in [0.25, 0.3) is 0 Å². The predicted molar refractivity (Wildman–Crippen MR) is 95.8 cm³/mol. The summed E-state index contributed by atoms with van der Waals surface area (Å²) >= 11 is 0. The van der Waals surface area contributed by atoms with E-state index in [0.29, 0.717) is 37.2 Å². The predicted octanol–water partition coefficient (Wildman–Crippen LogP) is 0.900. The SMILES string of the molecule is O=C1CN(C(=O)[C@@H]2C[C@H]3CC[C@H]2C[C@]32NC(=O)c3ccccc3O2)CCN1. The number of hydrogen-bond acceptors (Lipinski definition) is 4. The molecule has 0 radical (unpaired) electrons. The second kappa shape index (κ2) is 5.97. The molecule has 0 unspecified atom stereocenters. The van der Waals surface area contributed by atoms with Crippen LogP contribution in [0.15, 0.2) is 24.3 Å². The number of hydrogen-bond donors (Lipinski definition) is 2. The molecule has 1 saturated heterocycles. The summed E-state index contributed by atoms with van der Waals surface area (Å²) in [5, 5.41) is 5.88. The molecule has 2 heterocycles. The van der Waals surface area contributed by atoms with Gasteiger partial charge in [0.2, 0.25) is 11.8 Å². The maximum absolute atomic E-state index is 13.0. The minimum absolute atomic E-state index is 0.0805. The van der Waals surface area contributed by atoms with Crippen molar-refractivity contribution in [3.63, 3.8) is 0 Å². The van der Waals surface area contributed by atoms with Crippen molar-refractivity contribution in [3.05, 3.63) is 29.8 Å². The molecule has 7 nitrogen and oxygen atoms in total. The number of fused-ring (bicyclic) bond motifs is 3. The van der Waals surface area contributed by atoms with Crippen molar-refractivity contribution in [1.82, 2.24) is 15.5 Å². The summed E-state index contributed by atoms with van der Waals surface area (Å²) in [4.78, 5) is 39.0. The molecule has 3 amide bonds. The van der Waals surface area contributed by atoms with E-state index in [0.717, 1.165) is 12.8 Å². The van der Waals surface area contributed by atoms with Crippen molar-refractivity contribution in [2.45, 2.75) is 31.4 Å². The van der Waals surface area contributed by atoms with E-state index < -0.39 is 5.72 Å². The summed E-state index contributed by atoms with van der Waals surface area (Å²) in [6.07, 6.45) is 3.25. The Morgan fingerprint density at radius 2 is 2.07 bits per heavy atom. The highest BCUT2D eigenvalue weighted by atomic mass is 16.5. The van der Waals surface area contributed by atoms with Crippen LogP contribution in [0.5, 0.6) is 5.75 Å². The van der Waals surface area contributed by atoms with Crippen LogP contribution < -0.4 is 15.4 Å². The standard InChI is InChI=1S/C20H23N3O4/c24-17-11-23(8-7-21-17)19(26)15-9-13-6-5-12(15)10-20(13)22-18(25)14-3-1-2-4-16(14)27-20/h1-4,12-13,15H,5-11H2,(H,21,24)(H,22,25)/t12-,13+,15+,20+/m0/s1. The molecule has 2 N–H and O–H groups in total. The lowest BCUT2D eigenvalue weighted by Gasteiger charge is -2.55. The number of amides is 3. The molecule has 7 heteroatoms. The smallest absolute Gasteiger partial charge is 0.258 e. The van der Waals surface area contributed by atoms with Crippen molar-refractivity contribution >= 4 is 17.7 Å². The van der Waals surface area contributed by atoms with E-state index >= 15 is 0 Å². The number of benzene rings is 1. The largest absolute Gasteiger partial charge is 0.467 e. The first-order valence-electron chi connectivity index (χ1n) is 9.72. The number of ether oxygens (including phenoxy) is 1. The van der Waals surface area contributed by atoms with Gasteiger partial charge in [-0.2, -0.15) is 0 Å². The molecule has 2 bridgehead atoms. The molecule has 2 aliphatic heterocycles. The Hall–Kier alpha value is -2.57. The summed E-state index contributed by atoms with van der Waals surface area (Å²) in [5.74, 6) is 0.705. The maximum atomic E-state index is 13.0. The summed E-state index contributed by atoms with van der Waals surface area (Å²) in [5.41, 5.74) is -0.138. The van der Waals surface area contributed by atoms with Gasteiger partial charge < -0.3 is 20.3 Å². The normalized spacial score (nSPS) is 34.5. The summed E-state index contributed by atoms with van der Waals surface area (Å²) in [6, 6.07) is 7.32. The first-order valence-corrected chi connectivity index (χ1v) is 9.72. The van der Waals surface area contributed by atoms with Gasteiger partial charge in [0.1, 0.15) is 5.75 Å². The van der Waals surface area contributed by atoms with Crippen molar-refractivity contribution < 1.29 is 19.1 Å². The number of piperazine rings is 1. The zero-order chi connectivity index (χ0) is 18.6. The second-order valence-corrected chi connectivity index (χ2v) is 8.13. The van der Waals surface area contributed by atoms with Crippen LogP contribution in [0.4, 0.5) is 0 Å². The quantitative estimate of drug-likeness (QED) is 0.770. The summed E-state index contributed by atoms with van der Waals surface area (Å²) in [6.45, 7) is 1.24. The topological polar surface area (TPSA) is 87.7 Å². The number of nitrogens with one attached hydrogen (secondary N) is 2. The van der Waals surface area contributed by atoms with E-state index in [4.69, 9.17) is 4.74 Å². The van der Waals surface area contributed by atoms with E-state index in [9.17, 15) is 14.4 Å². The van der Waals surface area contributed by atoms with Crippen molar-refractivity contribution in [2.24, 2.45) is 17.8 Å². The third-order valence-corrected chi connectivity index (χ3v) is 6.63. The average molecular weight is 369 g/mol. The van der Waals surface area contributed by atoms with E-state index in [-0.39, 0.29) is 42.0 Å². The molecular weight excluding hydrogens is 346 g/mol. The summed E-state index contributed by atoms with van der Waals surface area (Å²) in [7, 11) is 0. The van der Waals surface area contributed by atoms with Gasteiger partial charge in [-0.1, -0.05) is 12.1 Å². The van der Waals surface area contributed by atoms with Crippen molar-refractivity contribution in [2.75, 3.05) is 19.6 Å². The Bertz CT molecular complexity index is 825. The number of nitrogens with zero attached hydrogens (tertiary/aromatic N) is 1. The molecule has 142 valence electrons. The lowest BCUT2D eigenvalue weighted by atomic mass is 9.59. The molecule has 4 fully saturated rings. The molecule has 1 aromatic rings. The van der Waals surface area contributed by atoms with E-state index in [2.05, 4.69) is 10.6 Å². The fraction of sp³-hybridized carbons (Fsp3) is 0.550. The fourth-order valence-corrected chi connectivity index (χ4v) is 5.32. The van der Waals surface area contributed by atoms with Gasteiger partial charge in [-0.05, 0) is 37.3 Å². The molecule has 6 rings (SSSR count). The monoisotopic (exact) mass is 369 g/mol. The van der Waals surface area contributed by atoms with Crippen molar-refractivity contribution in [1.29, 1.82) is 0 Å². The Morgan fingerprint density at radius 1 is 1.22 bits per heavy atom. The van der Waals surface area contributed by atoms with E-state index in [1.807, 2.05) is 18.2 Å². The molecular formula is C20H23N3O4. The number of carbonyl (C=O) groups is 3. The van der Waals surface area contributed by atoms with Gasteiger partial charge in [0.25, 0.3) is 5.91 Å². The van der Waals surface area contributed by atoms with Gasteiger partial charge in [-0.25, -0.2) is 0 Å². The molecule has 3 saturated carbocycles. The highest BCUT2D eigenvalue weighted by molar-refractivity contribution is 5.98. The highest BCUT2D eigenvalue weighted by Crippen LogP contribution is 2.52. The highest BCUT2D eigenvalue weighted by Gasteiger charge is 2.57. The Labute approximate surface area is 157 Å². The Morgan fingerprint density at radius 3 is 2.85 bits per heavy atom. The molecule has 0 aromatic heterocycles. The van der Waals surface area contributed by atoms with E-state index in [1.165, 1.54) is 0 Å². The number of rotatable bonds is 1. The third kappa shape index (κ3) is 2.59. The zero-order valence-electron chi connectivity index (χ0n) is 15.1. The van der Waals surface area contributed by atoms with Crippen LogP contribution in [-0.4, -0.2) is 48.0 Å². The molecule has 5 aliphatic rings. The van der Waals surface area contributed by atoms with Crippen LogP contribution in [0.3, 0.4) is 0 Å². The van der Waals surface area contributed by atoms with Crippen LogP contribution in [0.1, 0.15) is 36.0 Å². The summed E-state index contributed by atoms with van der Waals surface area (Å²) < 4.78 is 6.33. The van der Waals surface area contributed by atoms with Crippen LogP contribution >= 0.6 is 0 Å². The zero-order valence-corrected chi connectivity index (χ0v) is 15.1. The minimum atomic E-state index is -0.704. The van der Waals surface area contributed by atoms with Gasteiger partial charge in [-0.15, -0.1) is 0 Å². The van der Waals surface area contributed by atoms with Crippen LogP contribution in [0, 0.1) is 17.8 Å². The molecule has 1 spiro atoms. The number of para-hydroxylation sites is 1. The van der Waals surface area contributed by atoms with Crippen molar-refractivity contribution in [3.8, 4) is 5.75 Å². The third-order valence-electron chi connectivity index (χ3n) is 6.63. The van der Waals surface area contributed by atoms with Gasteiger partial charge in [-0.3, -0.25) is 14.4 Å². The molecule has 27 heavy (non-hydrogen) atoms. The Kier molecular flexibility index (Phi) is 3.67. The lowest BCUT2D eigenvalue weighted by molar-refractivity contribution is -0.158. The molecule has 4 atom stereocenters. The first kappa shape index (κ1) is 16.6. The van der Waals surface area contributed by atoms with Gasteiger partial charge in [0.15, 0.2) is 5.72 Å². The van der Waals surface area contributed by atoms with Gasteiger partial charge >= 0.3 is 0 Å². The first-order chi connectivity index (χ1) is 13.1.